The highest BCUT2D eigenvalue weighted by atomic mass is 32.2. The Morgan fingerprint density at radius 2 is 2.22 bits per heavy atom. The lowest BCUT2D eigenvalue weighted by Crippen LogP contribution is -2.72. The number of nitrogen functional groups attached to an aromatic ring is 1. The number of anilines is 1. The van der Waals surface area contributed by atoms with Gasteiger partial charge in [-0.25, -0.2) is 0 Å². The Hall–Kier alpha value is -4.03. The average Bonchev–Trinajstić information content (AvgIpc) is 3.49. The molecule has 6 N–H and O–H groups in total. The number of fused-ring (bicyclic) bond motifs is 2. The average molecular weight is 537 g/mol. The third kappa shape index (κ3) is 3.48. The fourth-order valence-corrected chi connectivity index (χ4v) is 6.23. The van der Waals surface area contributed by atoms with Crippen LogP contribution < -0.4 is 31.3 Å². The van der Waals surface area contributed by atoms with E-state index >= 15 is 0 Å². The summed E-state index contributed by atoms with van der Waals surface area (Å²) in [5.41, 5.74) is 11.5. The van der Waals surface area contributed by atoms with E-state index in [2.05, 4.69) is 25.2 Å². The van der Waals surface area contributed by atoms with Gasteiger partial charge in [0.2, 0.25) is 16.7 Å². The predicted molar refractivity (Wildman–Crippen MR) is 122 cm³/mol. The highest BCUT2D eigenvalue weighted by Gasteiger charge is 2.60. The summed E-state index contributed by atoms with van der Waals surface area (Å²) in [5.74, 6) is -4.83. The van der Waals surface area contributed by atoms with Gasteiger partial charge in [0, 0.05) is 6.07 Å². The lowest BCUT2D eigenvalue weighted by Gasteiger charge is -2.53. The van der Waals surface area contributed by atoms with Gasteiger partial charge in [0.25, 0.3) is 0 Å². The molecule has 36 heavy (non-hydrogen) atoms. The van der Waals surface area contributed by atoms with Crippen molar-refractivity contribution in [3.05, 3.63) is 41.5 Å². The Morgan fingerprint density at radius 1 is 1.44 bits per heavy atom. The molecule has 0 aliphatic carbocycles. The van der Waals surface area contributed by atoms with E-state index in [1.807, 2.05) is 0 Å². The van der Waals surface area contributed by atoms with Gasteiger partial charge in [0.05, 0.1) is 36.2 Å². The van der Waals surface area contributed by atoms with Crippen LogP contribution in [-0.4, -0.2) is 60.8 Å². The highest BCUT2D eigenvalue weighted by Crippen LogP contribution is 2.51. The molecule has 1 fully saturated rings. The quantitative estimate of drug-likeness (QED) is 0.0984. The topological polar surface area (TPSA) is 200 Å². The largest absolute Gasteiger partial charge is 0.543 e. The van der Waals surface area contributed by atoms with E-state index in [1.54, 1.807) is 0 Å². The van der Waals surface area contributed by atoms with E-state index in [1.165, 1.54) is 44.8 Å². The Balaban J connectivity index is 1.84. The Kier molecular flexibility index (Phi) is 5.64. The number of carboxylic acids is 1. The van der Waals surface area contributed by atoms with Crippen molar-refractivity contribution in [1.29, 1.82) is 0 Å². The number of rotatable bonds is 6. The third-order valence-corrected chi connectivity index (χ3v) is 7.55. The minimum absolute atomic E-state index is 0.0460. The van der Waals surface area contributed by atoms with Gasteiger partial charge in [-0.15, -0.1) is 0 Å². The van der Waals surface area contributed by atoms with Gasteiger partial charge in [-0.2, -0.15) is 13.8 Å². The zero-order valence-corrected chi connectivity index (χ0v) is 19.9. The number of carbonyl (C=O) groups excluding carboxylic acids is 3. The van der Waals surface area contributed by atoms with Crippen LogP contribution in [0.5, 0.6) is 0 Å². The summed E-state index contributed by atoms with van der Waals surface area (Å²) in [4.78, 5) is 44.3. The van der Waals surface area contributed by atoms with Crippen molar-refractivity contribution in [1.82, 2.24) is 29.7 Å². The van der Waals surface area contributed by atoms with Gasteiger partial charge in [-0.3, -0.25) is 19.5 Å². The lowest BCUT2D eigenvalue weighted by molar-refractivity contribution is -0.564. The van der Waals surface area contributed by atoms with Gasteiger partial charge < -0.3 is 31.5 Å². The van der Waals surface area contributed by atoms with Crippen LogP contribution in [0.4, 0.5) is 10.2 Å². The maximum Gasteiger partial charge on any atom is 0.315 e. The van der Waals surface area contributed by atoms with Crippen LogP contribution in [0.3, 0.4) is 0 Å². The van der Waals surface area contributed by atoms with Crippen molar-refractivity contribution >= 4 is 64.6 Å². The number of thioether (sulfide) groups is 1. The summed E-state index contributed by atoms with van der Waals surface area (Å²) in [5, 5.41) is 23.0. The van der Waals surface area contributed by atoms with E-state index < -0.39 is 39.8 Å². The predicted octanol–water partition coefficient (Wildman–Crippen LogP) is -2.65. The Bertz CT molecular complexity index is 1410. The number of amides is 2. The third-order valence-electron chi connectivity index (χ3n) is 5.44. The molecule has 0 aromatic carbocycles. The fourth-order valence-electron chi connectivity index (χ4n) is 4.00. The molecule has 1 unspecified atom stereocenters. The van der Waals surface area contributed by atoms with Crippen LogP contribution in [0.25, 0.3) is 11.3 Å². The van der Waals surface area contributed by atoms with Crippen molar-refractivity contribution in [2.45, 2.75) is 16.8 Å². The standard InChI is InChI=1S/C18H17FN10O5S2/c1-34-24-15(19)16(31)23-18(27-7-9(21)36-25-27)14(13(17(32)33)28-11(30)6-12(28)35-18)26-5-3-8(20)29-10(26)2-4-22-29/h2-5,7,12,20,25H,6,21H2,1H3,(H2,23,31,32,33)/t12-,18?/m0/s1. The first-order valence-electron chi connectivity index (χ1n) is 10.1. The summed E-state index contributed by atoms with van der Waals surface area (Å²) in [7, 11) is 1.05. The number of halogens is 1. The molecule has 1 saturated heterocycles. The molecule has 0 saturated carbocycles. The second-order valence-electron chi connectivity index (χ2n) is 7.49. The number of carbonyl (C=O) groups is 3. The maximum atomic E-state index is 14.4. The van der Waals surface area contributed by atoms with Crippen molar-refractivity contribution in [3.63, 3.8) is 0 Å². The lowest BCUT2D eigenvalue weighted by atomic mass is 10.1. The summed E-state index contributed by atoms with van der Waals surface area (Å²) >= 11 is 1.93. The molecule has 18 heteroatoms. The maximum absolute atomic E-state index is 14.4. The molecule has 2 aromatic heterocycles. The number of hydrogen-bond acceptors (Lipinski definition) is 13. The van der Waals surface area contributed by atoms with E-state index in [0.29, 0.717) is 0 Å². The number of hydrogen-bond donors (Lipinski definition) is 4. The van der Waals surface area contributed by atoms with Crippen LogP contribution in [-0.2, 0) is 19.2 Å². The number of nitrogens with one attached hydrogen (secondary N) is 2. The monoisotopic (exact) mass is 536 g/mol. The minimum Gasteiger partial charge on any atom is -0.543 e. The summed E-state index contributed by atoms with van der Waals surface area (Å²) in [6, 6.07) is 2.96. The van der Waals surface area contributed by atoms with E-state index in [9.17, 15) is 23.9 Å². The van der Waals surface area contributed by atoms with Crippen molar-refractivity contribution < 1.29 is 33.3 Å². The number of nitrogens with zero attached hydrogens (tertiary/aromatic N) is 6. The zero-order chi connectivity index (χ0) is 25.8. The van der Waals surface area contributed by atoms with Crippen molar-refractivity contribution in [2.24, 2.45) is 10.9 Å². The number of nitrogens with two attached hydrogens (primary N) is 2. The molecule has 3 aliphatic heterocycles. The first-order chi connectivity index (χ1) is 17.2. The molecular formula is C18H17FN10O5S2. The molecule has 15 nitrogen and oxygen atoms in total. The molecule has 2 amide bonds. The summed E-state index contributed by atoms with van der Waals surface area (Å²) in [6.45, 7) is 0. The highest BCUT2D eigenvalue weighted by molar-refractivity contribution is 8.02. The van der Waals surface area contributed by atoms with Crippen LogP contribution in [0.1, 0.15) is 6.42 Å². The molecule has 5 heterocycles. The minimum atomic E-state index is -1.91. The van der Waals surface area contributed by atoms with Gasteiger partial charge in [-0.1, -0.05) is 21.4 Å². The Labute approximate surface area is 209 Å². The number of oxime groups is 1. The normalized spacial score (nSPS) is 23.9. The second-order valence-corrected chi connectivity index (χ2v) is 9.72. The van der Waals surface area contributed by atoms with E-state index in [0.717, 1.165) is 35.7 Å². The number of β-lactam (4-membered cyclic amide) rings is 1. The SMILES string of the molecule is CON=C(F)C(=O)NC1(N2C=C(N)SN2)S[C@H]2CC(=O)N2C(C(=O)[O-])=C1[n+]1ccc(N)n2nccc21. The number of aliphatic carboxylic acids is 1. The van der Waals surface area contributed by atoms with Gasteiger partial charge in [0.15, 0.2) is 5.70 Å². The summed E-state index contributed by atoms with van der Waals surface area (Å²) in [6.07, 6.45) is 4.18. The van der Waals surface area contributed by atoms with Gasteiger partial charge in [-0.05, 0) is 17.1 Å². The molecule has 2 aromatic rings. The van der Waals surface area contributed by atoms with Gasteiger partial charge in [0.1, 0.15) is 24.0 Å². The number of aromatic nitrogens is 3. The molecule has 5 rings (SSSR count). The van der Waals surface area contributed by atoms with Gasteiger partial charge >= 0.3 is 17.5 Å². The zero-order valence-electron chi connectivity index (χ0n) is 18.2. The summed E-state index contributed by atoms with van der Waals surface area (Å²) < 4.78 is 17.1. The number of carboxylic acid groups (broad SMARTS) is 1. The van der Waals surface area contributed by atoms with Crippen molar-refractivity contribution in [3.8, 4) is 0 Å². The molecule has 0 spiro atoms. The first-order valence-corrected chi connectivity index (χ1v) is 11.8. The second kappa shape index (κ2) is 8.57. The van der Waals surface area contributed by atoms with Crippen LogP contribution >= 0.6 is 23.7 Å². The van der Waals surface area contributed by atoms with E-state index in [4.69, 9.17) is 11.5 Å². The Morgan fingerprint density at radius 3 is 2.86 bits per heavy atom. The van der Waals surface area contributed by atoms with Crippen LogP contribution in [0, 0.1) is 0 Å². The van der Waals surface area contributed by atoms with Crippen LogP contribution in [0.15, 0.2) is 46.6 Å². The number of hydrazine groups is 1. The fraction of sp³-hybridized carbons (Fsp3) is 0.222. The first kappa shape index (κ1) is 23.7. The molecule has 3 aliphatic rings. The smallest absolute Gasteiger partial charge is 0.315 e. The molecule has 2 atom stereocenters. The van der Waals surface area contributed by atoms with Crippen LogP contribution in [0.2, 0.25) is 0 Å². The van der Waals surface area contributed by atoms with Crippen molar-refractivity contribution in [2.75, 3.05) is 12.8 Å². The van der Waals surface area contributed by atoms with E-state index in [-0.39, 0.29) is 28.6 Å². The molecular weight excluding hydrogens is 519 g/mol. The molecule has 0 bridgehead atoms. The molecule has 188 valence electrons. The molecule has 0 radical (unpaired) electrons.